The third-order valence-corrected chi connectivity index (χ3v) is 3.44. The van der Waals surface area contributed by atoms with Gasteiger partial charge in [-0.1, -0.05) is 25.4 Å². The minimum Gasteiger partial charge on any atom is -0.396 e. The minimum absolute atomic E-state index is 0.108. The molecule has 0 fully saturated rings. The first-order valence-corrected chi connectivity index (χ1v) is 7.37. The number of halogens is 1. The third kappa shape index (κ3) is 5.89. The number of amides is 1. The third-order valence-electron chi connectivity index (χ3n) is 3.24. The number of rotatable bonds is 7. The molecule has 0 aliphatic heterocycles. The lowest BCUT2D eigenvalue weighted by Gasteiger charge is -2.21. The van der Waals surface area contributed by atoms with Crippen LogP contribution in [0.1, 0.15) is 37.0 Å². The van der Waals surface area contributed by atoms with Crippen molar-refractivity contribution in [2.75, 3.05) is 32.1 Å². The Balaban J connectivity index is 2.56. The summed E-state index contributed by atoms with van der Waals surface area (Å²) in [6.45, 7) is 4.72. The van der Waals surface area contributed by atoms with Crippen LogP contribution in [0, 0.1) is 5.41 Å². The van der Waals surface area contributed by atoms with Crippen LogP contribution in [-0.4, -0.2) is 43.2 Å². The summed E-state index contributed by atoms with van der Waals surface area (Å²) < 4.78 is 0. The van der Waals surface area contributed by atoms with E-state index in [4.69, 9.17) is 11.6 Å². The number of carbonyl (C=O) groups excluding carboxylic acids is 1. The van der Waals surface area contributed by atoms with Crippen molar-refractivity contribution in [1.29, 1.82) is 0 Å². The molecule has 0 aliphatic carbocycles. The molecular weight excluding hydrogens is 290 g/mol. The summed E-state index contributed by atoms with van der Waals surface area (Å²) in [4.78, 5) is 18.0. The van der Waals surface area contributed by atoms with Gasteiger partial charge in [0.25, 0.3) is 5.91 Å². The number of aromatic nitrogens is 1. The smallest absolute Gasteiger partial charge is 0.251 e. The fourth-order valence-electron chi connectivity index (χ4n) is 1.79. The summed E-state index contributed by atoms with van der Waals surface area (Å²) in [5.41, 5.74) is 0.392. The highest BCUT2D eigenvalue weighted by atomic mass is 35.5. The van der Waals surface area contributed by atoms with E-state index < -0.39 is 0 Å². The summed E-state index contributed by atoms with van der Waals surface area (Å²) in [7, 11) is 3.69. The van der Waals surface area contributed by atoms with Crippen molar-refractivity contribution in [2.45, 2.75) is 26.7 Å². The first kappa shape index (κ1) is 17.7. The summed E-state index contributed by atoms with van der Waals surface area (Å²) in [6.07, 6.45) is 1.67. The van der Waals surface area contributed by atoms with Crippen LogP contribution < -0.4 is 10.2 Å². The highest BCUT2D eigenvalue weighted by Gasteiger charge is 2.16. The summed E-state index contributed by atoms with van der Waals surface area (Å²) in [5.74, 6) is 0.485. The van der Waals surface area contributed by atoms with Crippen molar-refractivity contribution >= 4 is 23.3 Å². The van der Waals surface area contributed by atoms with Gasteiger partial charge in [0.2, 0.25) is 0 Å². The molecule has 0 saturated carbocycles. The van der Waals surface area contributed by atoms with Gasteiger partial charge in [-0.2, -0.15) is 0 Å². The average Bonchev–Trinajstić information content (AvgIpc) is 2.42. The summed E-state index contributed by atoms with van der Waals surface area (Å²) >= 11 is 5.93. The highest BCUT2D eigenvalue weighted by Crippen LogP contribution is 2.20. The van der Waals surface area contributed by atoms with Crippen LogP contribution in [0.4, 0.5) is 5.82 Å². The molecule has 1 amide bonds. The Hall–Kier alpha value is -1.33. The molecule has 118 valence electrons. The van der Waals surface area contributed by atoms with Crippen LogP contribution in [0.5, 0.6) is 0 Å². The number of pyridine rings is 1. The Bertz CT molecular complexity index is 490. The van der Waals surface area contributed by atoms with E-state index in [1.807, 2.05) is 27.9 Å². The molecule has 1 rings (SSSR count). The fraction of sp³-hybridized carbons (Fsp3) is 0.600. The predicted molar refractivity (Wildman–Crippen MR) is 86.0 cm³/mol. The van der Waals surface area contributed by atoms with Crippen molar-refractivity contribution in [2.24, 2.45) is 5.41 Å². The molecule has 5 nitrogen and oxygen atoms in total. The van der Waals surface area contributed by atoms with Gasteiger partial charge in [0, 0.05) is 32.8 Å². The molecule has 1 heterocycles. The topological polar surface area (TPSA) is 65.5 Å². The standard InChI is InChI=1S/C15H24ClN3O2/c1-15(2,10-20)6-5-7-17-14(21)11-8-12(16)18-13(9-11)19(3)4/h8-9,20H,5-7,10H2,1-4H3,(H,17,21). The zero-order chi connectivity index (χ0) is 16.0. The van der Waals surface area contributed by atoms with Crippen LogP contribution in [0.15, 0.2) is 12.1 Å². The normalized spacial score (nSPS) is 11.3. The molecule has 6 heteroatoms. The van der Waals surface area contributed by atoms with Crippen molar-refractivity contribution in [3.05, 3.63) is 22.8 Å². The molecule has 0 spiro atoms. The number of aliphatic hydroxyl groups excluding tert-OH is 1. The number of anilines is 1. The number of carbonyl (C=O) groups is 1. The molecule has 1 aromatic rings. The van der Waals surface area contributed by atoms with Crippen LogP contribution in [0.2, 0.25) is 5.15 Å². The Morgan fingerprint density at radius 2 is 2.10 bits per heavy atom. The summed E-state index contributed by atoms with van der Waals surface area (Å²) in [5, 5.41) is 12.3. The molecule has 1 aromatic heterocycles. The minimum atomic E-state index is -0.163. The van der Waals surface area contributed by atoms with E-state index in [0.717, 1.165) is 12.8 Å². The predicted octanol–water partition coefficient (Wildman–Crippen LogP) is 2.33. The number of aliphatic hydroxyl groups is 1. The molecule has 21 heavy (non-hydrogen) atoms. The average molecular weight is 314 g/mol. The SMILES string of the molecule is CN(C)c1cc(C(=O)NCCCC(C)(C)CO)cc(Cl)n1. The molecule has 0 bridgehead atoms. The van der Waals surface area contributed by atoms with E-state index in [-0.39, 0.29) is 17.9 Å². The maximum absolute atomic E-state index is 12.1. The lowest BCUT2D eigenvalue weighted by atomic mass is 9.89. The number of nitrogens with zero attached hydrogens (tertiary/aromatic N) is 2. The first-order valence-electron chi connectivity index (χ1n) is 6.99. The van der Waals surface area contributed by atoms with E-state index >= 15 is 0 Å². The van der Waals surface area contributed by atoms with Gasteiger partial charge in [-0.25, -0.2) is 4.98 Å². The Morgan fingerprint density at radius 3 is 2.67 bits per heavy atom. The maximum Gasteiger partial charge on any atom is 0.251 e. The number of hydrogen-bond donors (Lipinski definition) is 2. The molecule has 0 atom stereocenters. The van der Waals surface area contributed by atoms with Gasteiger partial charge < -0.3 is 15.3 Å². The van der Waals surface area contributed by atoms with E-state index in [1.165, 1.54) is 0 Å². The van der Waals surface area contributed by atoms with Crippen molar-refractivity contribution in [3.8, 4) is 0 Å². The molecule has 0 radical (unpaired) electrons. The van der Waals surface area contributed by atoms with E-state index in [9.17, 15) is 9.90 Å². The van der Waals surface area contributed by atoms with Gasteiger partial charge in [-0.15, -0.1) is 0 Å². The van der Waals surface area contributed by atoms with E-state index in [2.05, 4.69) is 10.3 Å². The Morgan fingerprint density at radius 1 is 1.43 bits per heavy atom. The van der Waals surface area contributed by atoms with E-state index in [0.29, 0.717) is 23.1 Å². The second-order valence-corrected chi connectivity index (χ2v) is 6.50. The van der Waals surface area contributed by atoms with Crippen LogP contribution in [-0.2, 0) is 0 Å². The van der Waals surface area contributed by atoms with E-state index in [1.54, 1.807) is 17.0 Å². The largest absolute Gasteiger partial charge is 0.396 e. The molecule has 0 aromatic carbocycles. The number of hydrogen-bond acceptors (Lipinski definition) is 4. The monoisotopic (exact) mass is 313 g/mol. The van der Waals surface area contributed by atoms with Gasteiger partial charge in [-0.3, -0.25) is 4.79 Å². The second-order valence-electron chi connectivity index (χ2n) is 6.11. The van der Waals surface area contributed by atoms with Crippen LogP contribution >= 0.6 is 11.6 Å². The second kappa shape index (κ2) is 7.61. The molecular formula is C15H24ClN3O2. The van der Waals surface area contributed by atoms with Gasteiger partial charge >= 0.3 is 0 Å². The lowest BCUT2D eigenvalue weighted by molar-refractivity contribution is 0.0948. The van der Waals surface area contributed by atoms with Crippen molar-refractivity contribution in [1.82, 2.24) is 10.3 Å². The van der Waals surface area contributed by atoms with Crippen LogP contribution in [0.3, 0.4) is 0 Å². The zero-order valence-electron chi connectivity index (χ0n) is 13.1. The summed E-state index contributed by atoms with van der Waals surface area (Å²) in [6, 6.07) is 3.26. The fourth-order valence-corrected chi connectivity index (χ4v) is 2.00. The molecule has 0 aliphatic rings. The molecule has 0 unspecified atom stereocenters. The lowest BCUT2D eigenvalue weighted by Crippen LogP contribution is -2.26. The molecule has 2 N–H and O–H groups in total. The molecule has 0 saturated heterocycles. The van der Waals surface area contributed by atoms with Gasteiger partial charge in [0.15, 0.2) is 0 Å². The van der Waals surface area contributed by atoms with Crippen LogP contribution in [0.25, 0.3) is 0 Å². The zero-order valence-corrected chi connectivity index (χ0v) is 13.9. The van der Waals surface area contributed by atoms with Gasteiger partial charge in [0.1, 0.15) is 11.0 Å². The Labute approximate surface area is 131 Å². The highest BCUT2D eigenvalue weighted by molar-refractivity contribution is 6.29. The van der Waals surface area contributed by atoms with Gasteiger partial charge in [0.05, 0.1) is 0 Å². The maximum atomic E-state index is 12.1. The quantitative estimate of drug-likeness (QED) is 0.599. The number of nitrogens with one attached hydrogen (secondary N) is 1. The Kier molecular flexibility index (Phi) is 6.42. The van der Waals surface area contributed by atoms with Crippen molar-refractivity contribution in [3.63, 3.8) is 0 Å². The van der Waals surface area contributed by atoms with Crippen molar-refractivity contribution < 1.29 is 9.90 Å². The van der Waals surface area contributed by atoms with Gasteiger partial charge in [-0.05, 0) is 30.4 Å². The first-order chi connectivity index (χ1) is 9.75.